The number of phenols is 1. The molecule has 0 aromatic heterocycles. The predicted octanol–water partition coefficient (Wildman–Crippen LogP) is 4.47. The van der Waals surface area contributed by atoms with Crippen molar-refractivity contribution in [3.05, 3.63) is 29.8 Å². The highest BCUT2D eigenvalue weighted by Crippen LogP contribution is 2.50. The first kappa shape index (κ1) is 18.2. The maximum Gasteiger partial charge on any atom is 0.330 e. The van der Waals surface area contributed by atoms with Gasteiger partial charge in [0.2, 0.25) is 0 Å². The van der Waals surface area contributed by atoms with Crippen molar-refractivity contribution in [2.75, 3.05) is 19.4 Å². The van der Waals surface area contributed by atoms with Gasteiger partial charge in [-0.1, -0.05) is 39.8 Å². The summed E-state index contributed by atoms with van der Waals surface area (Å²) in [5, 5.41) is 9.24. The van der Waals surface area contributed by atoms with Crippen LogP contribution in [0.3, 0.4) is 0 Å². The fourth-order valence-electron chi connectivity index (χ4n) is 1.82. The minimum atomic E-state index is -3.03. The van der Waals surface area contributed by atoms with E-state index in [0.29, 0.717) is 31.7 Å². The van der Waals surface area contributed by atoms with Crippen molar-refractivity contribution in [2.45, 2.75) is 34.1 Å². The van der Waals surface area contributed by atoms with Gasteiger partial charge in [0.25, 0.3) is 0 Å². The summed E-state index contributed by atoms with van der Waals surface area (Å²) < 4.78 is 23.8. The van der Waals surface area contributed by atoms with E-state index in [2.05, 4.69) is 0 Å². The van der Waals surface area contributed by atoms with Crippen LogP contribution in [-0.2, 0) is 20.0 Å². The van der Waals surface area contributed by atoms with Gasteiger partial charge in [0.15, 0.2) is 0 Å². The molecule has 1 atom stereocenters. The van der Waals surface area contributed by atoms with Gasteiger partial charge in [-0.15, -0.1) is 0 Å². The summed E-state index contributed by atoms with van der Waals surface area (Å²) in [7, 11) is -3.03. The zero-order chi connectivity index (χ0) is 15.9. The van der Waals surface area contributed by atoms with Crippen LogP contribution >= 0.6 is 7.60 Å². The zero-order valence-electron chi connectivity index (χ0n) is 13.4. The highest BCUT2D eigenvalue weighted by Gasteiger charge is 2.26. The third-order valence-corrected chi connectivity index (χ3v) is 5.10. The first-order chi connectivity index (χ1) is 9.81. The largest absolute Gasteiger partial charge is 0.508 e. The first-order valence-electron chi connectivity index (χ1n) is 7.47. The third kappa shape index (κ3) is 7.66. The number of hydrogen-bond donors (Lipinski definition) is 1. The number of rotatable bonds is 9. The van der Waals surface area contributed by atoms with Gasteiger partial charge in [0, 0.05) is 0 Å². The lowest BCUT2D eigenvalue weighted by atomic mass is 10.2. The van der Waals surface area contributed by atoms with E-state index in [0.717, 1.165) is 5.56 Å². The average molecular weight is 314 g/mol. The fraction of sp³-hybridized carbons (Fsp3) is 0.625. The van der Waals surface area contributed by atoms with Crippen molar-refractivity contribution in [3.8, 4) is 5.75 Å². The number of phenolic OH excluding ortho intramolecular Hbond substituents is 1. The Morgan fingerprint density at radius 3 is 2.19 bits per heavy atom. The molecule has 0 aliphatic heterocycles. The van der Waals surface area contributed by atoms with Crippen molar-refractivity contribution in [2.24, 2.45) is 11.8 Å². The highest BCUT2D eigenvalue weighted by atomic mass is 31.2. The molecule has 0 spiro atoms. The molecule has 1 rings (SSSR count). The van der Waals surface area contributed by atoms with Crippen molar-refractivity contribution >= 4 is 7.60 Å². The van der Waals surface area contributed by atoms with Crippen molar-refractivity contribution < 1.29 is 18.7 Å². The van der Waals surface area contributed by atoms with E-state index in [1.165, 1.54) is 0 Å². The van der Waals surface area contributed by atoms with Gasteiger partial charge in [-0.05, 0) is 36.0 Å². The molecule has 4 nitrogen and oxygen atoms in total. The normalized spacial score (nSPS) is 14.6. The standard InChI is InChI=1S/C16H27O4P/c1-13(2)11-20-21(18,12-14(3)4)19-10-9-15-5-7-16(17)8-6-15/h5-8,13-14,17H,9-12H2,1-4H3. The van der Waals surface area contributed by atoms with E-state index in [1.807, 2.05) is 39.8 Å². The second-order valence-corrected chi connectivity index (χ2v) is 8.23. The molecule has 1 N–H and O–H groups in total. The fourth-order valence-corrected chi connectivity index (χ4v) is 3.89. The van der Waals surface area contributed by atoms with Gasteiger partial charge in [-0.25, -0.2) is 0 Å². The summed E-state index contributed by atoms with van der Waals surface area (Å²) in [5.74, 6) is 0.827. The molecule has 0 saturated carbocycles. The zero-order valence-corrected chi connectivity index (χ0v) is 14.3. The van der Waals surface area contributed by atoms with Crippen LogP contribution in [0.25, 0.3) is 0 Å². The minimum Gasteiger partial charge on any atom is -0.508 e. The molecule has 120 valence electrons. The molecule has 21 heavy (non-hydrogen) atoms. The second kappa shape index (κ2) is 8.57. The SMILES string of the molecule is CC(C)COP(=O)(CC(C)C)OCCc1ccc(O)cc1. The van der Waals surface area contributed by atoms with E-state index in [1.54, 1.807) is 12.1 Å². The lowest BCUT2D eigenvalue weighted by Gasteiger charge is -2.21. The monoisotopic (exact) mass is 314 g/mol. The van der Waals surface area contributed by atoms with Crippen LogP contribution < -0.4 is 0 Å². The quantitative estimate of drug-likeness (QED) is 0.683. The van der Waals surface area contributed by atoms with Crippen LogP contribution in [0, 0.1) is 11.8 Å². The van der Waals surface area contributed by atoms with Gasteiger partial charge in [-0.2, -0.15) is 0 Å². The van der Waals surface area contributed by atoms with E-state index in [9.17, 15) is 9.67 Å². The van der Waals surface area contributed by atoms with Gasteiger partial charge < -0.3 is 14.2 Å². The Morgan fingerprint density at radius 2 is 1.67 bits per heavy atom. The lowest BCUT2D eigenvalue weighted by molar-refractivity contribution is 0.186. The van der Waals surface area contributed by atoms with Crippen molar-refractivity contribution in [1.29, 1.82) is 0 Å². The summed E-state index contributed by atoms with van der Waals surface area (Å²) >= 11 is 0. The molecule has 0 aliphatic carbocycles. The molecule has 0 fully saturated rings. The number of aromatic hydroxyl groups is 1. The maximum absolute atomic E-state index is 12.7. The van der Waals surface area contributed by atoms with Gasteiger partial charge in [-0.3, -0.25) is 4.57 Å². The average Bonchev–Trinajstić information content (AvgIpc) is 2.38. The predicted molar refractivity (Wildman–Crippen MR) is 85.9 cm³/mol. The molecule has 5 heteroatoms. The van der Waals surface area contributed by atoms with E-state index in [-0.39, 0.29) is 11.7 Å². The Bertz CT molecular complexity index is 454. The Hall–Kier alpha value is -0.830. The molecule has 0 bridgehead atoms. The smallest absolute Gasteiger partial charge is 0.330 e. The first-order valence-corrected chi connectivity index (χ1v) is 9.19. The molecular weight excluding hydrogens is 287 g/mol. The summed E-state index contributed by atoms with van der Waals surface area (Å²) in [6.45, 7) is 8.87. The van der Waals surface area contributed by atoms with Crippen LogP contribution in [0.1, 0.15) is 33.3 Å². The molecule has 0 radical (unpaired) electrons. The van der Waals surface area contributed by atoms with E-state index >= 15 is 0 Å². The molecule has 0 amide bonds. The van der Waals surface area contributed by atoms with E-state index in [4.69, 9.17) is 9.05 Å². The third-order valence-electron chi connectivity index (χ3n) is 2.81. The molecule has 0 aliphatic rings. The maximum atomic E-state index is 12.7. The summed E-state index contributed by atoms with van der Waals surface area (Å²) in [6.07, 6.45) is 1.09. The second-order valence-electron chi connectivity index (χ2n) is 6.13. The van der Waals surface area contributed by atoms with Crippen LogP contribution in [0.15, 0.2) is 24.3 Å². The highest BCUT2D eigenvalue weighted by molar-refractivity contribution is 7.53. The molecule has 1 unspecified atom stereocenters. The molecule has 0 heterocycles. The Labute approximate surface area is 128 Å². The van der Waals surface area contributed by atoms with Crippen molar-refractivity contribution in [1.82, 2.24) is 0 Å². The van der Waals surface area contributed by atoms with E-state index < -0.39 is 7.60 Å². The lowest BCUT2D eigenvalue weighted by Crippen LogP contribution is -2.10. The Balaban J connectivity index is 2.52. The van der Waals surface area contributed by atoms with Crippen molar-refractivity contribution in [3.63, 3.8) is 0 Å². The van der Waals surface area contributed by atoms with Crippen LogP contribution in [0.5, 0.6) is 5.75 Å². The number of benzene rings is 1. The van der Waals surface area contributed by atoms with Gasteiger partial charge in [0.05, 0.1) is 19.4 Å². The minimum absolute atomic E-state index is 0.241. The topological polar surface area (TPSA) is 55.8 Å². The summed E-state index contributed by atoms with van der Waals surface area (Å²) in [6, 6.07) is 6.94. The Kier molecular flexibility index (Phi) is 7.44. The van der Waals surface area contributed by atoms with Crippen LogP contribution in [0.2, 0.25) is 0 Å². The molecule has 0 saturated heterocycles. The van der Waals surface area contributed by atoms with Gasteiger partial charge in [0.1, 0.15) is 5.75 Å². The summed E-state index contributed by atoms with van der Waals surface area (Å²) in [4.78, 5) is 0. The summed E-state index contributed by atoms with van der Waals surface area (Å²) in [5.41, 5.74) is 1.03. The Morgan fingerprint density at radius 1 is 1.05 bits per heavy atom. The van der Waals surface area contributed by atoms with Gasteiger partial charge >= 0.3 is 7.60 Å². The number of hydrogen-bond acceptors (Lipinski definition) is 4. The molecule has 1 aromatic rings. The molecule has 1 aromatic carbocycles. The van der Waals surface area contributed by atoms with Crippen LogP contribution in [-0.4, -0.2) is 24.5 Å². The van der Waals surface area contributed by atoms with Crippen LogP contribution in [0.4, 0.5) is 0 Å². The molecular formula is C16H27O4P.